The monoisotopic (exact) mass is 694 g/mol. The number of esters is 1. The van der Waals surface area contributed by atoms with Gasteiger partial charge in [-0.05, 0) is 98.1 Å². The number of anilines is 1. The topological polar surface area (TPSA) is 104 Å². The standard InChI is InChI=1S/C41H50N4O6/c1-9-48-39(47)37(51-40(5,6)7)36-27(3)42-35-25-33-31-15-12-14-30(23-31)32-24-29(28(4)46)16-17-34(32)50-26(2)13-10-11-22-49-41(8)18-20-44(21-19-41)38(36)45(35)43-33/h10-12,14-17,23-26,37H,9,13,18-22H2,1-8H3/t26-,37-/m0/s1. The molecule has 270 valence electrons. The molecule has 3 aliphatic heterocycles. The van der Waals surface area contributed by atoms with Crippen LogP contribution in [0.5, 0.6) is 5.75 Å². The Morgan fingerprint density at radius 3 is 2.51 bits per heavy atom. The average Bonchev–Trinajstić information content (AvgIpc) is 3.50. The number of carbonyl (C=O) groups is 2. The van der Waals surface area contributed by atoms with Crippen molar-refractivity contribution in [3.63, 3.8) is 0 Å². The molecular formula is C41H50N4O6. The first-order valence-corrected chi connectivity index (χ1v) is 18.0. The van der Waals surface area contributed by atoms with Crippen LogP contribution in [0.1, 0.15) is 95.4 Å². The molecule has 0 saturated carbocycles. The van der Waals surface area contributed by atoms with Gasteiger partial charge in [-0.2, -0.15) is 9.61 Å². The van der Waals surface area contributed by atoms with Gasteiger partial charge in [-0.1, -0.05) is 30.4 Å². The molecular weight excluding hydrogens is 644 g/mol. The van der Waals surface area contributed by atoms with Crippen molar-refractivity contribution < 1.29 is 28.5 Å². The predicted octanol–water partition coefficient (Wildman–Crippen LogP) is 8.10. The van der Waals surface area contributed by atoms with E-state index in [0.717, 1.165) is 41.0 Å². The molecule has 0 radical (unpaired) electrons. The molecule has 1 saturated heterocycles. The molecule has 10 nitrogen and oxygen atoms in total. The zero-order valence-corrected chi connectivity index (χ0v) is 31.1. The maximum atomic E-state index is 13.7. The highest BCUT2D eigenvalue weighted by molar-refractivity contribution is 5.96. The van der Waals surface area contributed by atoms with E-state index < -0.39 is 17.7 Å². The lowest BCUT2D eigenvalue weighted by atomic mass is 9.92. The van der Waals surface area contributed by atoms with Crippen LogP contribution >= 0.6 is 0 Å². The molecule has 2 aromatic heterocycles. The first-order valence-electron chi connectivity index (χ1n) is 18.0. The number of ether oxygens (including phenoxy) is 4. The number of aryl methyl sites for hydroxylation is 1. The molecule has 10 heteroatoms. The molecule has 1 fully saturated rings. The Hall–Kier alpha value is -4.54. The van der Waals surface area contributed by atoms with Gasteiger partial charge in [-0.3, -0.25) is 4.79 Å². The third-order valence-corrected chi connectivity index (χ3v) is 9.51. The van der Waals surface area contributed by atoms with Gasteiger partial charge in [-0.15, -0.1) is 0 Å². The third kappa shape index (κ3) is 8.02. The predicted molar refractivity (Wildman–Crippen MR) is 198 cm³/mol. The number of ketones is 1. The zero-order valence-electron chi connectivity index (χ0n) is 31.1. The van der Waals surface area contributed by atoms with Crippen molar-refractivity contribution in [2.45, 2.75) is 98.1 Å². The Bertz CT molecular complexity index is 1950. The Balaban J connectivity index is 1.56. The average molecular weight is 695 g/mol. The van der Waals surface area contributed by atoms with Gasteiger partial charge in [-0.25, -0.2) is 9.78 Å². The Morgan fingerprint density at radius 2 is 1.80 bits per heavy atom. The van der Waals surface area contributed by atoms with Gasteiger partial charge in [0.05, 0.1) is 41.8 Å². The van der Waals surface area contributed by atoms with Crippen molar-refractivity contribution in [1.82, 2.24) is 14.6 Å². The van der Waals surface area contributed by atoms with E-state index in [4.69, 9.17) is 29.0 Å². The number of nitrogens with zero attached hydrogens (tertiary/aromatic N) is 4. The minimum Gasteiger partial charge on any atom is -0.490 e. The number of hydrogen-bond donors (Lipinski definition) is 0. The van der Waals surface area contributed by atoms with Crippen molar-refractivity contribution in [1.29, 1.82) is 0 Å². The quantitative estimate of drug-likeness (QED) is 0.116. The highest BCUT2D eigenvalue weighted by Crippen LogP contribution is 2.40. The molecule has 2 atom stereocenters. The second-order valence-corrected chi connectivity index (χ2v) is 14.8. The summed E-state index contributed by atoms with van der Waals surface area (Å²) in [5, 5.41) is 5.17. The Morgan fingerprint density at radius 1 is 1.06 bits per heavy atom. The summed E-state index contributed by atoms with van der Waals surface area (Å²) in [5.74, 6) is 0.981. The Labute approximate surface area is 300 Å². The first kappa shape index (κ1) is 36.3. The van der Waals surface area contributed by atoms with E-state index in [1.54, 1.807) is 13.8 Å². The van der Waals surface area contributed by atoms with Crippen LogP contribution < -0.4 is 9.64 Å². The summed E-state index contributed by atoms with van der Waals surface area (Å²) in [6, 6.07) is 15.6. The van der Waals surface area contributed by atoms with Gasteiger partial charge >= 0.3 is 5.97 Å². The number of carbonyl (C=O) groups excluding carboxylic acids is 2. The van der Waals surface area contributed by atoms with Crippen molar-refractivity contribution >= 4 is 23.2 Å². The summed E-state index contributed by atoms with van der Waals surface area (Å²) < 4.78 is 26.9. The van der Waals surface area contributed by atoms with Gasteiger partial charge < -0.3 is 23.8 Å². The van der Waals surface area contributed by atoms with Crippen molar-refractivity contribution in [3.05, 3.63) is 77.5 Å². The fourth-order valence-electron chi connectivity index (χ4n) is 6.79. The lowest BCUT2D eigenvalue weighted by Gasteiger charge is -2.41. The van der Waals surface area contributed by atoms with E-state index in [0.29, 0.717) is 54.3 Å². The van der Waals surface area contributed by atoms with Crippen molar-refractivity contribution in [2.24, 2.45) is 0 Å². The normalized spacial score (nSPS) is 20.2. The van der Waals surface area contributed by atoms with E-state index in [1.807, 2.05) is 81.6 Å². The van der Waals surface area contributed by atoms with Crippen LogP contribution in [0, 0.1) is 6.92 Å². The van der Waals surface area contributed by atoms with E-state index in [1.165, 1.54) is 0 Å². The molecule has 3 aliphatic rings. The van der Waals surface area contributed by atoms with Crippen LogP contribution in [0.15, 0.2) is 60.7 Å². The highest BCUT2D eigenvalue weighted by atomic mass is 16.6. The fraction of sp³-hybridized carbons (Fsp3) is 0.463. The highest BCUT2D eigenvalue weighted by Gasteiger charge is 2.38. The minimum atomic E-state index is -1.01. The molecule has 0 spiro atoms. The number of aromatic nitrogens is 3. The maximum Gasteiger partial charge on any atom is 0.340 e. The smallest absolute Gasteiger partial charge is 0.340 e. The third-order valence-electron chi connectivity index (χ3n) is 9.51. The molecule has 0 unspecified atom stereocenters. The second kappa shape index (κ2) is 14.6. The number of Topliss-reactive ketones (excluding diaryl/α,β-unsaturated/α-hetero) is 1. The lowest BCUT2D eigenvalue weighted by molar-refractivity contribution is -0.166. The molecule has 2 aromatic carbocycles. The minimum absolute atomic E-state index is 0.0175. The van der Waals surface area contributed by atoms with Crippen LogP contribution in [-0.4, -0.2) is 70.0 Å². The number of rotatable bonds is 5. The van der Waals surface area contributed by atoms with Gasteiger partial charge in [0.1, 0.15) is 11.6 Å². The van der Waals surface area contributed by atoms with Gasteiger partial charge in [0.2, 0.25) is 0 Å². The molecule has 4 aromatic rings. The maximum absolute atomic E-state index is 13.7. The van der Waals surface area contributed by atoms with E-state index >= 15 is 0 Å². The van der Waals surface area contributed by atoms with Gasteiger partial charge in [0, 0.05) is 48.0 Å². The number of piperidine rings is 1. The van der Waals surface area contributed by atoms with Gasteiger partial charge in [0.15, 0.2) is 17.5 Å². The lowest BCUT2D eigenvalue weighted by Crippen LogP contribution is -2.45. The fourth-order valence-corrected chi connectivity index (χ4v) is 6.79. The van der Waals surface area contributed by atoms with E-state index in [-0.39, 0.29) is 24.1 Å². The summed E-state index contributed by atoms with van der Waals surface area (Å²) in [4.78, 5) is 33.4. The van der Waals surface area contributed by atoms with E-state index in [9.17, 15) is 9.59 Å². The second-order valence-electron chi connectivity index (χ2n) is 14.8. The van der Waals surface area contributed by atoms with Gasteiger partial charge in [0.25, 0.3) is 0 Å². The number of hydrogen-bond acceptors (Lipinski definition) is 9. The van der Waals surface area contributed by atoms with Crippen LogP contribution in [0.3, 0.4) is 0 Å². The molecule has 5 heterocycles. The zero-order chi connectivity index (χ0) is 36.5. The molecule has 6 bridgehead atoms. The molecule has 0 N–H and O–H groups in total. The van der Waals surface area contributed by atoms with Crippen LogP contribution in [0.25, 0.3) is 28.0 Å². The van der Waals surface area contributed by atoms with Crippen LogP contribution in [-0.2, 0) is 19.0 Å². The summed E-state index contributed by atoms with van der Waals surface area (Å²) in [6.07, 6.45) is 5.32. The first-order chi connectivity index (χ1) is 24.2. The van der Waals surface area contributed by atoms with Crippen LogP contribution in [0.2, 0.25) is 0 Å². The largest absolute Gasteiger partial charge is 0.490 e. The molecule has 0 amide bonds. The Kier molecular flexibility index (Phi) is 10.4. The van der Waals surface area contributed by atoms with Crippen molar-refractivity contribution in [3.8, 4) is 28.1 Å². The number of fused-ring (bicyclic) bond motifs is 7. The summed E-state index contributed by atoms with van der Waals surface area (Å²) in [6.45, 7) is 17.4. The molecule has 51 heavy (non-hydrogen) atoms. The summed E-state index contributed by atoms with van der Waals surface area (Å²) in [5.41, 5.74) is 4.93. The molecule has 0 aliphatic carbocycles. The number of benzene rings is 2. The van der Waals surface area contributed by atoms with E-state index in [2.05, 4.69) is 30.0 Å². The molecule has 7 rings (SSSR count). The summed E-state index contributed by atoms with van der Waals surface area (Å²) in [7, 11) is 0. The SMILES string of the molecule is CCOC(=O)[C@@H](OC(C)(C)C)c1c(C)nc2cc3nn2c1N1CCC(C)(CC1)OCC=CC[C@H](C)Oc1ccc(C(C)=O)cc1-c1cccc-3c1. The van der Waals surface area contributed by atoms with Crippen molar-refractivity contribution in [2.75, 3.05) is 31.2 Å². The van der Waals surface area contributed by atoms with Crippen LogP contribution in [0.4, 0.5) is 5.82 Å². The summed E-state index contributed by atoms with van der Waals surface area (Å²) >= 11 is 0.